The molecule has 0 spiro atoms. The molecule has 0 aliphatic heterocycles. The van der Waals surface area contributed by atoms with Crippen molar-refractivity contribution < 1.29 is 0 Å². The van der Waals surface area contributed by atoms with E-state index in [-0.39, 0.29) is 5.54 Å². The Morgan fingerprint density at radius 3 is 2.50 bits per heavy atom. The van der Waals surface area contributed by atoms with Crippen LogP contribution in [0.2, 0.25) is 0 Å². The molecule has 2 aromatic rings. The summed E-state index contributed by atoms with van der Waals surface area (Å²) >= 11 is 0. The highest BCUT2D eigenvalue weighted by Gasteiger charge is 2.10. The van der Waals surface area contributed by atoms with E-state index in [2.05, 4.69) is 9.55 Å². The van der Waals surface area contributed by atoms with Gasteiger partial charge in [-0.05, 0) is 32.4 Å². The van der Waals surface area contributed by atoms with Crippen molar-refractivity contribution in [3.05, 3.63) is 36.8 Å². The Hall–Kier alpha value is -1.81. The van der Waals surface area contributed by atoms with E-state index in [1.807, 2.05) is 50.6 Å². The van der Waals surface area contributed by atoms with Crippen LogP contribution in [0.25, 0.3) is 11.3 Å². The van der Waals surface area contributed by atoms with Crippen molar-refractivity contribution in [3.63, 3.8) is 0 Å². The third-order valence-electron chi connectivity index (χ3n) is 2.85. The third-order valence-corrected chi connectivity index (χ3v) is 2.85. The van der Waals surface area contributed by atoms with Gasteiger partial charge < -0.3 is 16.0 Å². The van der Waals surface area contributed by atoms with E-state index in [0.717, 1.165) is 29.9 Å². The smallest absolute Gasteiger partial charge is 0.0953 e. The molecule has 4 nitrogen and oxygen atoms in total. The van der Waals surface area contributed by atoms with Crippen molar-refractivity contribution in [1.82, 2.24) is 9.55 Å². The molecule has 0 radical (unpaired) electrons. The first-order valence-corrected chi connectivity index (χ1v) is 6.11. The fourth-order valence-electron chi connectivity index (χ4n) is 1.70. The maximum absolute atomic E-state index is 5.97. The average molecular weight is 244 g/mol. The van der Waals surface area contributed by atoms with Gasteiger partial charge in [-0.3, -0.25) is 0 Å². The zero-order valence-corrected chi connectivity index (χ0v) is 10.9. The summed E-state index contributed by atoms with van der Waals surface area (Å²) in [6.45, 7) is 4.95. The maximum atomic E-state index is 5.97. The zero-order chi connectivity index (χ0) is 13.2. The van der Waals surface area contributed by atoms with Crippen LogP contribution < -0.4 is 11.5 Å². The average Bonchev–Trinajstić information content (AvgIpc) is 2.75. The van der Waals surface area contributed by atoms with E-state index in [0.29, 0.717) is 0 Å². The summed E-state index contributed by atoms with van der Waals surface area (Å²) in [4.78, 5) is 4.40. The lowest BCUT2D eigenvalue weighted by molar-refractivity contribution is 0.436. The number of nitrogens with zero attached hydrogens (tertiary/aromatic N) is 2. The van der Waals surface area contributed by atoms with Crippen LogP contribution in [-0.2, 0) is 6.54 Å². The highest BCUT2D eigenvalue weighted by Crippen LogP contribution is 2.18. The van der Waals surface area contributed by atoms with E-state index in [1.165, 1.54) is 0 Å². The van der Waals surface area contributed by atoms with Crippen LogP contribution in [0.4, 0.5) is 5.69 Å². The second kappa shape index (κ2) is 4.82. The van der Waals surface area contributed by atoms with Gasteiger partial charge in [-0.2, -0.15) is 0 Å². The lowest BCUT2D eigenvalue weighted by Crippen LogP contribution is -2.32. The van der Waals surface area contributed by atoms with Gasteiger partial charge in [-0.1, -0.05) is 12.1 Å². The minimum absolute atomic E-state index is 0.147. The van der Waals surface area contributed by atoms with E-state index < -0.39 is 0 Å². The summed E-state index contributed by atoms with van der Waals surface area (Å²) in [5, 5.41) is 0. The number of aromatic nitrogens is 2. The summed E-state index contributed by atoms with van der Waals surface area (Å²) in [6.07, 6.45) is 4.80. The summed E-state index contributed by atoms with van der Waals surface area (Å²) in [5.41, 5.74) is 14.3. The Balaban J connectivity index is 2.08. The molecule has 0 amide bonds. The number of hydrogen-bond donors (Lipinski definition) is 2. The molecular weight excluding hydrogens is 224 g/mol. The first kappa shape index (κ1) is 12.6. The van der Waals surface area contributed by atoms with E-state index >= 15 is 0 Å². The topological polar surface area (TPSA) is 69.9 Å². The first-order chi connectivity index (χ1) is 8.44. The predicted octanol–water partition coefficient (Wildman–Crippen LogP) is 2.26. The van der Waals surface area contributed by atoms with Gasteiger partial charge in [-0.25, -0.2) is 4.98 Å². The third kappa shape index (κ3) is 3.34. The van der Waals surface area contributed by atoms with Crippen LogP contribution in [0.1, 0.15) is 20.3 Å². The van der Waals surface area contributed by atoms with Crippen LogP contribution in [0.3, 0.4) is 0 Å². The standard InChI is InChI=1S/C14H20N4/c1-14(2,16)7-8-18-9-13(17-10-18)11-3-5-12(15)6-4-11/h3-6,9-10H,7-8,15-16H2,1-2H3. The molecule has 4 heteroatoms. The van der Waals surface area contributed by atoms with Crippen LogP contribution >= 0.6 is 0 Å². The molecule has 0 aliphatic rings. The minimum Gasteiger partial charge on any atom is -0.399 e. The molecule has 1 aromatic heterocycles. The molecule has 2 rings (SSSR count). The molecule has 96 valence electrons. The molecule has 0 fully saturated rings. The Bertz CT molecular complexity index is 505. The molecule has 18 heavy (non-hydrogen) atoms. The summed E-state index contributed by atoms with van der Waals surface area (Å²) in [6, 6.07) is 7.73. The molecule has 0 atom stereocenters. The number of aryl methyl sites for hydroxylation is 1. The van der Waals surface area contributed by atoms with Crippen molar-refractivity contribution in [2.75, 3.05) is 5.73 Å². The first-order valence-electron chi connectivity index (χ1n) is 6.11. The van der Waals surface area contributed by atoms with Gasteiger partial charge in [0.1, 0.15) is 0 Å². The molecular formula is C14H20N4. The van der Waals surface area contributed by atoms with E-state index in [9.17, 15) is 0 Å². The maximum Gasteiger partial charge on any atom is 0.0953 e. The van der Waals surface area contributed by atoms with Crippen LogP contribution in [0.5, 0.6) is 0 Å². The number of nitrogen functional groups attached to an aromatic ring is 1. The highest BCUT2D eigenvalue weighted by atomic mass is 15.0. The van der Waals surface area contributed by atoms with Crippen molar-refractivity contribution in [1.29, 1.82) is 0 Å². The number of benzene rings is 1. The van der Waals surface area contributed by atoms with Gasteiger partial charge >= 0.3 is 0 Å². The van der Waals surface area contributed by atoms with E-state index in [1.54, 1.807) is 0 Å². The highest BCUT2D eigenvalue weighted by molar-refractivity contribution is 5.61. The second-order valence-electron chi connectivity index (χ2n) is 5.36. The monoisotopic (exact) mass is 244 g/mol. The summed E-state index contributed by atoms with van der Waals surface area (Å²) in [5.74, 6) is 0. The molecule has 0 bridgehead atoms. The van der Waals surface area contributed by atoms with Crippen LogP contribution in [0.15, 0.2) is 36.8 Å². The van der Waals surface area contributed by atoms with Crippen molar-refractivity contribution in [2.24, 2.45) is 5.73 Å². The Morgan fingerprint density at radius 1 is 1.22 bits per heavy atom. The lowest BCUT2D eigenvalue weighted by Gasteiger charge is -2.17. The quantitative estimate of drug-likeness (QED) is 0.810. The molecule has 1 heterocycles. The molecule has 0 saturated carbocycles. The predicted molar refractivity (Wildman–Crippen MR) is 75.0 cm³/mol. The number of hydrogen-bond acceptors (Lipinski definition) is 3. The molecule has 1 aromatic carbocycles. The van der Waals surface area contributed by atoms with E-state index in [4.69, 9.17) is 11.5 Å². The van der Waals surface area contributed by atoms with Crippen LogP contribution in [-0.4, -0.2) is 15.1 Å². The Labute approximate surface area is 108 Å². The second-order valence-corrected chi connectivity index (χ2v) is 5.36. The van der Waals surface area contributed by atoms with Gasteiger partial charge in [0, 0.05) is 29.5 Å². The van der Waals surface area contributed by atoms with Gasteiger partial charge in [0.25, 0.3) is 0 Å². The van der Waals surface area contributed by atoms with Gasteiger partial charge in [-0.15, -0.1) is 0 Å². The summed E-state index contributed by atoms with van der Waals surface area (Å²) in [7, 11) is 0. The minimum atomic E-state index is -0.147. The fourth-order valence-corrected chi connectivity index (χ4v) is 1.70. The normalized spacial score (nSPS) is 11.7. The number of anilines is 1. The molecule has 0 aliphatic carbocycles. The molecule has 0 saturated heterocycles. The van der Waals surface area contributed by atoms with Gasteiger partial charge in [0.05, 0.1) is 12.0 Å². The number of nitrogens with two attached hydrogens (primary N) is 2. The number of rotatable bonds is 4. The van der Waals surface area contributed by atoms with Gasteiger partial charge in [0.15, 0.2) is 0 Å². The fraction of sp³-hybridized carbons (Fsp3) is 0.357. The number of imidazole rings is 1. The molecule has 0 unspecified atom stereocenters. The Kier molecular flexibility index (Phi) is 3.39. The van der Waals surface area contributed by atoms with Crippen LogP contribution in [0, 0.1) is 0 Å². The Morgan fingerprint density at radius 2 is 1.89 bits per heavy atom. The largest absolute Gasteiger partial charge is 0.399 e. The van der Waals surface area contributed by atoms with Crippen molar-refractivity contribution in [2.45, 2.75) is 32.4 Å². The SMILES string of the molecule is CC(C)(N)CCn1cnc(-c2ccc(N)cc2)c1. The zero-order valence-electron chi connectivity index (χ0n) is 10.9. The van der Waals surface area contributed by atoms with Crippen molar-refractivity contribution in [3.8, 4) is 11.3 Å². The van der Waals surface area contributed by atoms with Gasteiger partial charge in [0.2, 0.25) is 0 Å². The summed E-state index contributed by atoms with van der Waals surface area (Å²) < 4.78 is 2.07. The van der Waals surface area contributed by atoms with Crippen molar-refractivity contribution >= 4 is 5.69 Å². The lowest BCUT2D eigenvalue weighted by atomic mass is 10.0. The molecule has 4 N–H and O–H groups in total.